The molecule has 2 nitrogen and oxygen atoms in total. The van der Waals surface area contributed by atoms with Crippen molar-refractivity contribution in [3.63, 3.8) is 0 Å². The van der Waals surface area contributed by atoms with E-state index < -0.39 is 0 Å². The molecule has 2 N–H and O–H groups in total. The SMILES string of the molecule is C[C@H](N)c1ccc(Oc2cc(F)ccc2Br)cc1. The average molecular weight is 310 g/mol. The third-order valence-corrected chi connectivity index (χ3v) is 3.18. The molecule has 0 aliphatic carbocycles. The molecule has 0 radical (unpaired) electrons. The monoisotopic (exact) mass is 309 g/mol. The molecule has 0 fully saturated rings. The highest BCUT2D eigenvalue weighted by Gasteiger charge is 2.05. The quantitative estimate of drug-likeness (QED) is 0.912. The second-order valence-electron chi connectivity index (χ2n) is 4.03. The zero-order valence-electron chi connectivity index (χ0n) is 9.86. The van der Waals surface area contributed by atoms with Gasteiger partial charge in [0, 0.05) is 12.1 Å². The van der Waals surface area contributed by atoms with Gasteiger partial charge in [0.2, 0.25) is 0 Å². The summed E-state index contributed by atoms with van der Waals surface area (Å²) in [5.74, 6) is 0.759. The molecule has 18 heavy (non-hydrogen) atoms. The Kier molecular flexibility index (Phi) is 3.99. The van der Waals surface area contributed by atoms with Gasteiger partial charge in [-0.2, -0.15) is 0 Å². The smallest absolute Gasteiger partial charge is 0.144 e. The highest BCUT2D eigenvalue weighted by atomic mass is 79.9. The number of halogens is 2. The average Bonchev–Trinajstić information content (AvgIpc) is 2.34. The van der Waals surface area contributed by atoms with Gasteiger partial charge in [-0.1, -0.05) is 12.1 Å². The van der Waals surface area contributed by atoms with Crippen molar-refractivity contribution in [3.8, 4) is 11.5 Å². The molecule has 0 saturated heterocycles. The van der Waals surface area contributed by atoms with Gasteiger partial charge in [0.05, 0.1) is 4.47 Å². The third-order valence-electron chi connectivity index (χ3n) is 2.53. The second-order valence-corrected chi connectivity index (χ2v) is 4.89. The highest BCUT2D eigenvalue weighted by molar-refractivity contribution is 9.10. The van der Waals surface area contributed by atoms with Gasteiger partial charge in [-0.05, 0) is 52.7 Å². The van der Waals surface area contributed by atoms with E-state index in [0.717, 1.165) is 5.56 Å². The Labute approximate surface area is 114 Å². The summed E-state index contributed by atoms with van der Waals surface area (Å²) in [6.07, 6.45) is 0. The van der Waals surface area contributed by atoms with Crippen molar-refractivity contribution in [2.45, 2.75) is 13.0 Å². The maximum absolute atomic E-state index is 13.1. The maximum atomic E-state index is 13.1. The summed E-state index contributed by atoms with van der Waals surface area (Å²) in [5, 5.41) is 0. The maximum Gasteiger partial charge on any atom is 0.144 e. The van der Waals surface area contributed by atoms with Crippen molar-refractivity contribution in [2.24, 2.45) is 5.73 Å². The molecule has 0 aliphatic heterocycles. The van der Waals surface area contributed by atoms with Gasteiger partial charge in [-0.3, -0.25) is 0 Å². The summed E-state index contributed by atoms with van der Waals surface area (Å²) < 4.78 is 19.4. The van der Waals surface area contributed by atoms with Crippen LogP contribution in [-0.4, -0.2) is 0 Å². The fraction of sp³-hybridized carbons (Fsp3) is 0.143. The lowest BCUT2D eigenvalue weighted by Gasteiger charge is -2.10. The zero-order valence-corrected chi connectivity index (χ0v) is 11.4. The fourth-order valence-electron chi connectivity index (χ4n) is 1.52. The lowest BCUT2D eigenvalue weighted by atomic mass is 10.1. The molecule has 0 heterocycles. The summed E-state index contributed by atoms with van der Waals surface area (Å²) >= 11 is 3.31. The minimum atomic E-state index is -0.333. The molecule has 0 aromatic heterocycles. The molecule has 2 aromatic carbocycles. The summed E-state index contributed by atoms with van der Waals surface area (Å²) in [4.78, 5) is 0. The Hall–Kier alpha value is -1.39. The standard InChI is InChI=1S/C14H13BrFNO/c1-9(17)10-2-5-12(6-3-10)18-14-8-11(16)4-7-13(14)15/h2-9H,17H2,1H3/t9-/m0/s1. The van der Waals surface area contributed by atoms with Gasteiger partial charge in [0.15, 0.2) is 0 Å². The van der Waals surface area contributed by atoms with Crippen LogP contribution < -0.4 is 10.5 Å². The molecule has 0 spiro atoms. The molecule has 0 unspecified atom stereocenters. The summed E-state index contributed by atoms with van der Waals surface area (Å²) in [6.45, 7) is 1.92. The molecule has 2 aromatic rings. The molecular formula is C14H13BrFNO. The molecule has 2 rings (SSSR count). The van der Waals surface area contributed by atoms with Gasteiger partial charge in [-0.15, -0.1) is 0 Å². The summed E-state index contributed by atoms with van der Waals surface area (Å²) in [6, 6.07) is 11.7. The van der Waals surface area contributed by atoms with Crippen molar-refractivity contribution in [1.82, 2.24) is 0 Å². The topological polar surface area (TPSA) is 35.2 Å². The van der Waals surface area contributed by atoms with Crippen LogP contribution in [0, 0.1) is 5.82 Å². The second kappa shape index (κ2) is 5.50. The largest absolute Gasteiger partial charge is 0.456 e. The van der Waals surface area contributed by atoms with E-state index in [1.165, 1.54) is 12.1 Å². The fourth-order valence-corrected chi connectivity index (χ4v) is 1.85. The van der Waals surface area contributed by atoms with E-state index in [1.807, 2.05) is 31.2 Å². The van der Waals surface area contributed by atoms with Gasteiger partial charge >= 0.3 is 0 Å². The van der Waals surface area contributed by atoms with E-state index in [0.29, 0.717) is 16.0 Å². The third kappa shape index (κ3) is 3.09. The highest BCUT2D eigenvalue weighted by Crippen LogP contribution is 2.30. The van der Waals surface area contributed by atoms with E-state index >= 15 is 0 Å². The van der Waals surface area contributed by atoms with Crippen LogP contribution in [0.1, 0.15) is 18.5 Å². The van der Waals surface area contributed by atoms with Crippen LogP contribution >= 0.6 is 15.9 Å². The Morgan fingerprint density at radius 2 is 1.83 bits per heavy atom. The Bertz CT molecular complexity index is 540. The van der Waals surface area contributed by atoms with Crippen molar-refractivity contribution in [2.75, 3.05) is 0 Å². The van der Waals surface area contributed by atoms with Crippen LogP contribution in [0.2, 0.25) is 0 Å². The minimum Gasteiger partial charge on any atom is -0.456 e. The molecule has 0 bridgehead atoms. The number of benzene rings is 2. The van der Waals surface area contributed by atoms with Crippen molar-refractivity contribution >= 4 is 15.9 Å². The van der Waals surface area contributed by atoms with E-state index in [2.05, 4.69) is 15.9 Å². The van der Waals surface area contributed by atoms with Crippen molar-refractivity contribution in [1.29, 1.82) is 0 Å². The molecule has 4 heteroatoms. The molecule has 94 valence electrons. The first-order valence-electron chi connectivity index (χ1n) is 5.54. The number of ether oxygens (including phenoxy) is 1. The number of rotatable bonds is 3. The molecule has 0 amide bonds. The van der Waals surface area contributed by atoms with Crippen LogP contribution in [0.25, 0.3) is 0 Å². The first-order valence-corrected chi connectivity index (χ1v) is 6.34. The summed E-state index contributed by atoms with van der Waals surface area (Å²) in [7, 11) is 0. The first-order chi connectivity index (χ1) is 8.56. The van der Waals surface area contributed by atoms with Gasteiger partial charge in [0.1, 0.15) is 17.3 Å². The lowest BCUT2D eigenvalue weighted by molar-refractivity contribution is 0.473. The lowest BCUT2D eigenvalue weighted by Crippen LogP contribution is -2.04. The minimum absolute atomic E-state index is 0.0139. The van der Waals surface area contributed by atoms with E-state index in [1.54, 1.807) is 6.07 Å². The normalized spacial score (nSPS) is 12.2. The Morgan fingerprint density at radius 1 is 1.17 bits per heavy atom. The number of hydrogen-bond donors (Lipinski definition) is 1. The number of nitrogens with two attached hydrogens (primary N) is 1. The van der Waals surface area contributed by atoms with Crippen LogP contribution in [-0.2, 0) is 0 Å². The number of hydrogen-bond acceptors (Lipinski definition) is 2. The van der Waals surface area contributed by atoms with Crippen LogP contribution in [0.3, 0.4) is 0 Å². The molecular weight excluding hydrogens is 297 g/mol. The first kappa shape index (κ1) is 13.1. The van der Waals surface area contributed by atoms with Gasteiger partial charge in [0.25, 0.3) is 0 Å². The zero-order chi connectivity index (χ0) is 13.1. The van der Waals surface area contributed by atoms with E-state index in [4.69, 9.17) is 10.5 Å². The van der Waals surface area contributed by atoms with Crippen LogP contribution in [0.15, 0.2) is 46.9 Å². The van der Waals surface area contributed by atoms with Crippen LogP contribution in [0.4, 0.5) is 4.39 Å². The van der Waals surface area contributed by atoms with Gasteiger partial charge in [-0.25, -0.2) is 4.39 Å². The van der Waals surface area contributed by atoms with Crippen molar-refractivity contribution < 1.29 is 9.13 Å². The predicted molar refractivity (Wildman–Crippen MR) is 73.2 cm³/mol. The molecule has 1 atom stereocenters. The van der Waals surface area contributed by atoms with Crippen LogP contribution in [0.5, 0.6) is 11.5 Å². The molecule has 0 saturated carbocycles. The molecule has 0 aliphatic rings. The Morgan fingerprint density at radius 3 is 2.44 bits per heavy atom. The van der Waals surface area contributed by atoms with Gasteiger partial charge < -0.3 is 10.5 Å². The van der Waals surface area contributed by atoms with Crippen molar-refractivity contribution in [3.05, 3.63) is 58.3 Å². The van der Waals surface area contributed by atoms with E-state index in [9.17, 15) is 4.39 Å². The Balaban J connectivity index is 2.21. The predicted octanol–water partition coefficient (Wildman–Crippen LogP) is 4.40. The summed E-state index contributed by atoms with van der Waals surface area (Å²) in [5.41, 5.74) is 6.79. The van der Waals surface area contributed by atoms with E-state index in [-0.39, 0.29) is 11.9 Å².